The first-order valence-electron chi connectivity index (χ1n) is 4.60. The number of nitrogens with two attached hydrogens (primary N) is 1. The van der Waals surface area contributed by atoms with Crippen LogP contribution in [-0.2, 0) is 9.84 Å². The summed E-state index contributed by atoms with van der Waals surface area (Å²) in [6, 6.07) is 6.79. The van der Waals surface area contributed by atoms with Crippen molar-refractivity contribution < 1.29 is 8.42 Å². The van der Waals surface area contributed by atoms with Crippen LogP contribution in [0.5, 0.6) is 0 Å². The third kappa shape index (κ3) is 2.59. The van der Waals surface area contributed by atoms with E-state index in [2.05, 4.69) is 4.98 Å². The number of hydrogen-bond donors (Lipinski definition) is 1. The topological polar surface area (TPSA) is 73.0 Å². The van der Waals surface area contributed by atoms with Crippen LogP contribution in [0.25, 0.3) is 11.3 Å². The molecule has 1 aromatic carbocycles. The zero-order valence-electron chi connectivity index (χ0n) is 8.84. The molecule has 0 radical (unpaired) electrons. The summed E-state index contributed by atoms with van der Waals surface area (Å²) in [4.78, 5) is 4.05. The van der Waals surface area contributed by atoms with Crippen molar-refractivity contribution in [2.75, 3.05) is 12.0 Å². The predicted octanol–water partition coefficient (Wildman–Crippen LogP) is 2.45. The van der Waals surface area contributed by atoms with Crippen LogP contribution in [0.1, 0.15) is 0 Å². The standard InChI is InChI=1S/C10H9ClN2O2S2/c1-17(14,15)9-8(13-10(12)16-9)6-2-4-7(11)5-3-6/h2-5H,1H3,(H2,12,13). The average Bonchev–Trinajstić information content (AvgIpc) is 2.61. The molecular weight excluding hydrogens is 280 g/mol. The van der Waals surface area contributed by atoms with E-state index in [4.69, 9.17) is 17.3 Å². The highest BCUT2D eigenvalue weighted by molar-refractivity contribution is 7.93. The number of thiazole rings is 1. The Morgan fingerprint density at radius 3 is 2.41 bits per heavy atom. The van der Waals surface area contributed by atoms with Crippen LogP contribution in [0.3, 0.4) is 0 Å². The fourth-order valence-corrected chi connectivity index (χ4v) is 3.45. The van der Waals surface area contributed by atoms with E-state index >= 15 is 0 Å². The minimum atomic E-state index is -3.33. The maximum Gasteiger partial charge on any atom is 0.187 e. The highest BCUT2D eigenvalue weighted by Gasteiger charge is 2.20. The van der Waals surface area contributed by atoms with Crippen LogP contribution in [0.15, 0.2) is 28.5 Å². The van der Waals surface area contributed by atoms with Crippen molar-refractivity contribution in [2.24, 2.45) is 0 Å². The van der Waals surface area contributed by atoms with E-state index in [0.717, 1.165) is 17.6 Å². The minimum absolute atomic E-state index is 0.178. The first-order valence-corrected chi connectivity index (χ1v) is 7.69. The van der Waals surface area contributed by atoms with Crippen LogP contribution in [0.2, 0.25) is 5.02 Å². The van der Waals surface area contributed by atoms with E-state index in [1.807, 2.05) is 0 Å². The van der Waals surface area contributed by atoms with Gasteiger partial charge >= 0.3 is 0 Å². The molecule has 7 heteroatoms. The molecule has 2 aromatic rings. The number of rotatable bonds is 2. The summed E-state index contributed by atoms with van der Waals surface area (Å²) in [6.45, 7) is 0. The molecule has 0 spiro atoms. The summed E-state index contributed by atoms with van der Waals surface area (Å²) in [7, 11) is -3.33. The normalized spacial score (nSPS) is 11.6. The predicted molar refractivity (Wildman–Crippen MR) is 70.1 cm³/mol. The van der Waals surface area contributed by atoms with Crippen LogP contribution in [-0.4, -0.2) is 19.7 Å². The van der Waals surface area contributed by atoms with Gasteiger partial charge in [-0.05, 0) is 12.1 Å². The van der Waals surface area contributed by atoms with E-state index in [0.29, 0.717) is 16.3 Å². The van der Waals surface area contributed by atoms with Crippen LogP contribution in [0, 0.1) is 0 Å². The van der Waals surface area contributed by atoms with E-state index in [-0.39, 0.29) is 9.34 Å². The molecule has 0 bridgehead atoms. The van der Waals surface area contributed by atoms with Gasteiger partial charge in [0.25, 0.3) is 0 Å². The van der Waals surface area contributed by atoms with Crippen LogP contribution < -0.4 is 5.73 Å². The fourth-order valence-electron chi connectivity index (χ4n) is 1.36. The van der Waals surface area contributed by atoms with Gasteiger partial charge in [0.1, 0.15) is 9.90 Å². The molecule has 0 aliphatic carbocycles. The number of halogens is 1. The molecule has 17 heavy (non-hydrogen) atoms. The second-order valence-corrected chi connectivity index (χ2v) is 7.15. The largest absolute Gasteiger partial charge is 0.375 e. The van der Waals surface area contributed by atoms with Gasteiger partial charge in [-0.1, -0.05) is 35.1 Å². The Bertz CT molecular complexity index is 647. The number of benzene rings is 1. The Labute approximate surface area is 108 Å². The fraction of sp³-hybridized carbons (Fsp3) is 0.100. The number of nitrogen functional groups attached to an aromatic ring is 1. The van der Waals surface area contributed by atoms with Crippen molar-refractivity contribution in [1.82, 2.24) is 4.98 Å². The molecule has 0 atom stereocenters. The first-order chi connectivity index (χ1) is 7.88. The number of nitrogens with zero attached hydrogens (tertiary/aromatic N) is 1. The van der Waals surface area contributed by atoms with Crippen molar-refractivity contribution in [3.05, 3.63) is 29.3 Å². The molecule has 1 heterocycles. The maximum atomic E-state index is 11.6. The van der Waals surface area contributed by atoms with E-state index in [9.17, 15) is 8.42 Å². The first kappa shape index (κ1) is 12.3. The van der Waals surface area contributed by atoms with Gasteiger partial charge in [0.05, 0.1) is 0 Å². The van der Waals surface area contributed by atoms with Gasteiger partial charge in [-0.25, -0.2) is 13.4 Å². The molecule has 0 fully saturated rings. The Balaban J connectivity index is 2.64. The SMILES string of the molecule is CS(=O)(=O)c1sc(N)nc1-c1ccc(Cl)cc1. The highest BCUT2D eigenvalue weighted by Crippen LogP contribution is 2.33. The molecule has 0 amide bonds. The zero-order chi connectivity index (χ0) is 12.6. The molecule has 1 aromatic heterocycles. The number of hydrogen-bond acceptors (Lipinski definition) is 5. The van der Waals surface area contributed by atoms with Crippen molar-refractivity contribution in [3.8, 4) is 11.3 Å². The van der Waals surface area contributed by atoms with Gasteiger partial charge in [-0.15, -0.1) is 0 Å². The molecule has 90 valence electrons. The summed E-state index contributed by atoms with van der Waals surface area (Å²) >= 11 is 6.74. The summed E-state index contributed by atoms with van der Waals surface area (Å²) in [5.74, 6) is 0. The van der Waals surface area contributed by atoms with E-state index < -0.39 is 9.84 Å². The van der Waals surface area contributed by atoms with Crippen molar-refractivity contribution in [3.63, 3.8) is 0 Å². The number of aromatic nitrogens is 1. The molecule has 2 rings (SSSR count). The third-order valence-electron chi connectivity index (χ3n) is 2.07. The molecule has 0 saturated carbocycles. The monoisotopic (exact) mass is 288 g/mol. The van der Waals surface area contributed by atoms with Crippen LogP contribution >= 0.6 is 22.9 Å². The van der Waals surface area contributed by atoms with Crippen LogP contribution in [0.4, 0.5) is 5.13 Å². The van der Waals surface area contributed by atoms with Gasteiger partial charge in [0.15, 0.2) is 15.0 Å². The molecule has 0 aliphatic heterocycles. The lowest BCUT2D eigenvalue weighted by molar-refractivity contribution is 0.604. The second-order valence-electron chi connectivity index (χ2n) is 3.47. The second kappa shape index (κ2) is 4.29. The zero-order valence-corrected chi connectivity index (χ0v) is 11.2. The minimum Gasteiger partial charge on any atom is -0.375 e. The Morgan fingerprint density at radius 1 is 1.29 bits per heavy atom. The third-order valence-corrected chi connectivity index (χ3v) is 5.02. The Hall–Kier alpha value is -1.11. The highest BCUT2D eigenvalue weighted by atomic mass is 35.5. The molecule has 2 N–H and O–H groups in total. The molecule has 0 saturated heterocycles. The lowest BCUT2D eigenvalue weighted by Gasteiger charge is -2.00. The van der Waals surface area contributed by atoms with E-state index in [1.165, 1.54) is 0 Å². The summed E-state index contributed by atoms with van der Waals surface area (Å²) in [6.07, 6.45) is 1.14. The average molecular weight is 289 g/mol. The maximum absolute atomic E-state index is 11.6. The molecule has 0 aliphatic rings. The summed E-state index contributed by atoms with van der Waals surface area (Å²) < 4.78 is 23.4. The molecule has 0 unspecified atom stereocenters. The quantitative estimate of drug-likeness (QED) is 0.921. The number of anilines is 1. The lowest BCUT2D eigenvalue weighted by atomic mass is 10.2. The Morgan fingerprint density at radius 2 is 1.88 bits per heavy atom. The van der Waals surface area contributed by atoms with Gasteiger partial charge in [0.2, 0.25) is 0 Å². The smallest absolute Gasteiger partial charge is 0.187 e. The van der Waals surface area contributed by atoms with Crippen molar-refractivity contribution in [1.29, 1.82) is 0 Å². The number of sulfone groups is 1. The van der Waals surface area contributed by atoms with Gasteiger partial charge in [-0.2, -0.15) is 0 Å². The summed E-state index contributed by atoms with van der Waals surface area (Å²) in [5, 5.41) is 0.813. The molecule has 4 nitrogen and oxygen atoms in total. The van der Waals surface area contributed by atoms with Gasteiger partial charge in [0, 0.05) is 16.8 Å². The summed E-state index contributed by atoms with van der Waals surface area (Å²) in [5.41, 5.74) is 6.62. The molecular formula is C10H9ClN2O2S2. The lowest BCUT2D eigenvalue weighted by Crippen LogP contribution is -1.96. The van der Waals surface area contributed by atoms with Gasteiger partial charge in [-0.3, -0.25) is 0 Å². The van der Waals surface area contributed by atoms with Crippen molar-refractivity contribution >= 4 is 37.9 Å². The van der Waals surface area contributed by atoms with E-state index in [1.54, 1.807) is 24.3 Å². The Kier molecular flexibility index (Phi) is 3.11. The van der Waals surface area contributed by atoms with Gasteiger partial charge < -0.3 is 5.73 Å². The van der Waals surface area contributed by atoms with Crippen molar-refractivity contribution in [2.45, 2.75) is 4.21 Å².